The summed E-state index contributed by atoms with van der Waals surface area (Å²) in [5, 5.41) is 14.0. The van der Waals surface area contributed by atoms with E-state index in [-0.39, 0.29) is 0 Å². The first-order chi connectivity index (χ1) is 12.2. The van der Waals surface area contributed by atoms with E-state index in [9.17, 15) is 4.39 Å². The minimum absolute atomic E-state index is 0.371. The fourth-order valence-corrected chi connectivity index (χ4v) is 2.61. The van der Waals surface area contributed by atoms with Crippen molar-refractivity contribution in [2.75, 3.05) is 30.9 Å². The summed E-state index contributed by atoms with van der Waals surface area (Å²) < 4.78 is 14.1. The van der Waals surface area contributed by atoms with Crippen LogP contribution in [0.2, 0.25) is 0 Å². The number of anilines is 2. The van der Waals surface area contributed by atoms with Crippen LogP contribution < -0.4 is 10.6 Å². The number of aromatic nitrogens is 4. The van der Waals surface area contributed by atoms with Gasteiger partial charge < -0.3 is 10.6 Å². The Kier molecular flexibility index (Phi) is 4.82. The van der Waals surface area contributed by atoms with E-state index in [0.717, 1.165) is 11.1 Å². The number of alkyl halides is 1. The average molecular weight is 342 g/mol. The number of hydrogen-bond acceptors (Lipinski definition) is 7. The summed E-state index contributed by atoms with van der Waals surface area (Å²) >= 11 is 0. The summed E-state index contributed by atoms with van der Waals surface area (Å²) in [5.41, 5.74) is 10.0. The molecular weight excluding hydrogens is 323 g/mol. The largest absolute Gasteiger partial charge is 0.371 e. The van der Waals surface area contributed by atoms with Crippen molar-refractivity contribution in [3.8, 4) is 11.3 Å². The molecule has 3 rings (SSSR count). The van der Waals surface area contributed by atoms with E-state index in [1.54, 1.807) is 23.7 Å². The van der Waals surface area contributed by atoms with Gasteiger partial charge in [-0.1, -0.05) is 0 Å². The molecule has 0 aliphatic carbocycles. The highest BCUT2D eigenvalue weighted by molar-refractivity contribution is 5.88. The van der Waals surface area contributed by atoms with Gasteiger partial charge in [-0.3, -0.25) is 4.39 Å². The second-order valence-corrected chi connectivity index (χ2v) is 5.43. The normalized spacial score (nSPS) is 10.8. The number of hydrogen-bond donors (Lipinski definition) is 3. The van der Waals surface area contributed by atoms with Crippen LogP contribution in [0.4, 0.5) is 21.7 Å². The average Bonchev–Trinajstić information content (AvgIpc) is 3.04. The Morgan fingerprint density at radius 1 is 1.24 bits per heavy atom. The SMILES string of the molecule is CNc1nc(C)nn2ccc(-c3ccc(N=N)c(NCCCF)n3)c12. The van der Waals surface area contributed by atoms with Crippen LogP contribution in [0.15, 0.2) is 29.5 Å². The van der Waals surface area contributed by atoms with Gasteiger partial charge in [0, 0.05) is 25.4 Å². The zero-order valence-electron chi connectivity index (χ0n) is 14.0. The highest BCUT2D eigenvalue weighted by Crippen LogP contribution is 2.32. The van der Waals surface area contributed by atoms with E-state index in [0.29, 0.717) is 41.8 Å². The van der Waals surface area contributed by atoms with Gasteiger partial charge in [-0.25, -0.2) is 20.0 Å². The first kappa shape index (κ1) is 16.7. The Balaban J connectivity index is 2.08. The van der Waals surface area contributed by atoms with E-state index < -0.39 is 6.67 Å². The van der Waals surface area contributed by atoms with Gasteiger partial charge in [-0.05, 0) is 31.5 Å². The van der Waals surface area contributed by atoms with Crippen LogP contribution in [0.5, 0.6) is 0 Å². The standard InChI is InChI=1S/C16H19FN8/c1-10-21-16(19-2)14-11(6-9-25(14)24-10)12-4-5-13(23-18)15(22-12)20-8-3-7-17/h4-6,9,18H,3,7-8H2,1-2H3,(H,20,22)(H,19,21,24). The monoisotopic (exact) mass is 342 g/mol. The molecule has 0 radical (unpaired) electrons. The molecule has 3 aromatic rings. The van der Waals surface area contributed by atoms with Gasteiger partial charge in [0.05, 0.1) is 12.4 Å². The van der Waals surface area contributed by atoms with E-state index in [1.165, 1.54) is 0 Å². The third-order valence-electron chi connectivity index (χ3n) is 3.73. The van der Waals surface area contributed by atoms with Crippen molar-refractivity contribution >= 4 is 22.8 Å². The maximum absolute atomic E-state index is 12.3. The minimum atomic E-state index is -0.410. The summed E-state index contributed by atoms with van der Waals surface area (Å²) in [4.78, 5) is 8.98. The van der Waals surface area contributed by atoms with Gasteiger partial charge in [0.25, 0.3) is 0 Å². The molecule has 0 bridgehead atoms. The number of pyridine rings is 1. The molecule has 25 heavy (non-hydrogen) atoms. The van der Waals surface area contributed by atoms with E-state index in [2.05, 4.69) is 30.8 Å². The first-order valence-electron chi connectivity index (χ1n) is 7.90. The lowest BCUT2D eigenvalue weighted by Gasteiger charge is -2.10. The van der Waals surface area contributed by atoms with Crippen molar-refractivity contribution in [3.05, 3.63) is 30.2 Å². The van der Waals surface area contributed by atoms with Gasteiger partial charge in [-0.15, -0.1) is 0 Å². The lowest BCUT2D eigenvalue weighted by molar-refractivity contribution is 0.481. The molecule has 9 heteroatoms. The number of rotatable bonds is 7. The highest BCUT2D eigenvalue weighted by Gasteiger charge is 2.15. The first-order valence-corrected chi connectivity index (χ1v) is 7.90. The number of fused-ring (bicyclic) bond motifs is 1. The molecule has 0 saturated heterocycles. The minimum Gasteiger partial charge on any atom is -0.371 e. The summed E-state index contributed by atoms with van der Waals surface area (Å²) in [6, 6.07) is 5.42. The van der Waals surface area contributed by atoms with Gasteiger partial charge in [0.1, 0.15) is 17.0 Å². The molecule has 130 valence electrons. The molecule has 8 nitrogen and oxygen atoms in total. The number of halogens is 1. The van der Waals surface area contributed by atoms with Crippen molar-refractivity contribution in [2.24, 2.45) is 5.11 Å². The van der Waals surface area contributed by atoms with Crippen molar-refractivity contribution in [1.82, 2.24) is 19.6 Å². The number of aryl methyl sites for hydroxylation is 1. The topological polar surface area (TPSA) is 103 Å². The molecule has 3 N–H and O–H groups in total. The summed E-state index contributed by atoms with van der Waals surface area (Å²) in [5.74, 6) is 1.82. The zero-order chi connectivity index (χ0) is 17.8. The molecule has 0 aromatic carbocycles. The molecule has 3 heterocycles. The van der Waals surface area contributed by atoms with E-state index in [1.807, 2.05) is 19.2 Å². The zero-order valence-corrected chi connectivity index (χ0v) is 14.0. The van der Waals surface area contributed by atoms with Crippen molar-refractivity contribution in [3.63, 3.8) is 0 Å². The van der Waals surface area contributed by atoms with Crippen molar-refractivity contribution in [2.45, 2.75) is 13.3 Å². The van der Waals surface area contributed by atoms with Crippen molar-refractivity contribution in [1.29, 1.82) is 5.53 Å². The summed E-state index contributed by atoms with van der Waals surface area (Å²) in [6.45, 7) is 1.85. The van der Waals surface area contributed by atoms with Gasteiger partial charge >= 0.3 is 0 Å². The molecule has 3 aromatic heterocycles. The van der Waals surface area contributed by atoms with Crippen molar-refractivity contribution < 1.29 is 4.39 Å². The smallest absolute Gasteiger partial charge is 0.154 e. The van der Waals surface area contributed by atoms with Crippen LogP contribution in [-0.4, -0.2) is 39.8 Å². The Bertz CT molecular complexity index is 905. The molecule has 0 saturated carbocycles. The fraction of sp³-hybridized carbons (Fsp3) is 0.312. The van der Waals surface area contributed by atoms with Gasteiger partial charge in [-0.2, -0.15) is 10.2 Å². The number of nitrogens with zero attached hydrogens (tertiary/aromatic N) is 5. The fourth-order valence-electron chi connectivity index (χ4n) is 2.61. The molecule has 0 fully saturated rings. The summed E-state index contributed by atoms with van der Waals surface area (Å²) in [7, 11) is 1.80. The van der Waals surface area contributed by atoms with E-state index >= 15 is 0 Å². The molecule has 0 aliphatic rings. The molecule has 0 atom stereocenters. The Morgan fingerprint density at radius 3 is 2.80 bits per heavy atom. The molecule has 0 unspecified atom stereocenters. The second kappa shape index (κ2) is 7.20. The van der Waals surface area contributed by atoms with Crippen LogP contribution >= 0.6 is 0 Å². The summed E-state index contributed by atoms with van der Waals surface area (Å²) in [6.07, 6.45) is 2.22. The third kappa shape index (κ3) is 3.25. The number of nitrogens with one attached hydrogen (secondary N) is 3. The predicted octanol–water partition coefficient (Wildman–Crippen LogP) is 3.58. The Hall–Kier alpha value is -3.10. The van der Waals surface area contributed by atoms with Crippen LogP contribution in [0.1, 0.15) is 12.2 Å². The van der Waals surface area contributed by atoms with Gasteiger partial charge in [0.2, 0.25) is 0 Å². The molecule has 0 aliphatic heterocycles. The molecular formula is C16H19FN8. The molecule has 0 spiro atoms. The van der Waals surface area contributed by atoms with Crippen LogP contribution in [0.25, 0.3) is 16.8 Å². The predicted molar refractivity (Wildman–Crippen MR) is 94.4 cm³/mol. The molecule has 0 amide bonds. The lowest BCUT2D eigenvalue weighted by Crippen LogP contribution is -2.05. The lowest BCUT2D eigenvalue weighted by atomic mass is 10.1. The quantitative estimate of drug-likeness (QED) is 0.450. The van der Waals surface area contributed by atoms with Crippen LogP contribution in [0, 0.1) is 12.5 Å². The van der Waals surface area contributed by atoms with Crippen LogP contribution in [0.3, 0.4) is 0 Å². The van der Waals surface area contributed by atoms with Gasteiger partial charge in [0.15, 0.2) is 11.6 Å². The maximum Gasteiger partial charge on any atom is 0.154 e. The second-order valence-electron chi connectivity index (χ2n) is 5.43. The van der Waals surface area contributed by atoms with E-state index in [4.69, 9.17) is 5.53 Å². The Morgan fingerprint density at radius 2 is 2.08 bits per heavy atom. The highest BCUT2D eigenvalue weighted by atomic mass is 19.1. The Labute approximate surface area is 144 Å². The third-order valence-corrected chi connectivity index (χ3v) is 3.73. The van der Waals surface area contributed by atoms with Crippen LogP contribution in [-0.2, 0) is 0 Å². The maximum atomic E-state index is 12.3.